The van der Waals surface area contributed by atoms with E-state index in [9.17, 15) is 9.18 Å². The molecule has 0 spiro atoms. The molecule has 1 aromatic rings. The highest BCUT2D eigenvalue weighted by Crippen LogP contribution is 2.27. The van der Waals surface area contributed by atoms with Crippen LogP contribution in [0.25, 0.3) is 0 Å². The van der Waals surface area contributed by atoms with E-state index in [4.69, 9.17) is 11.6 Å². The monoisotopic (exact) mass is 266 g/mol. The van der Waals surface area contributed by atoms with Crippen molar-refractivity contribution >= 4 is 33.5 Å². The average molecular weight is 267 g/mol. The van der Waals surface area contributed by atoms with Crippen molar-refractivity contribution in [2.24, 2.45) is 0 Å². The van der Waals surface area contributed by atoms with Gasteiger partial charge in [-0.3, -0.25) is 0 Å². The van der Waals surface area contributed by atoms with E-state index in [0.717, 1.165) is 0 Å². The first-order chi connectivity index (χ1) is 6.07. The molecule has 0 radical (unpaired) electrons. The Hall–Kier alpha value is -0.610. The van der Waals surface area contributed by atoms with Crippen LogP contribution in [0.5, 0.6) is 0 Å². The third-order valence-electron chi connectivity index (χ3n) is 1.43. The van der Waals surface area contributed by atoms with Crippen LogP contribution >= 0.6 is 27.5 Å². The molecule has 1 rings (SSSR count). The third kappa shape index (κ3) is 2.00. The van der Waals surface area contributed by atoms with Crippen LogP contribution in [0.1, 0.15) is 10.4 Å². The normalized spacial score (nSPS) is 9.85. The molecule has 0 amide bonds. The minimum atomic E-state index is -0.670. The molecule has 0 aliphatic heterocycles. The lowest BCUT2D eigenvalue weighted by atomic mass is 10.2. The summed E-state index contributed by atoms with van der Waals surface area (Å²) in [5.41, 5.74) is 0.00386. The summed E-state index contributed by atoms with van der Waals surface area (Å²) in [5.74, 6) is -1.22. The van der Waals surface area contributed by atoms with E-state index >= 15 is 0 Å². The van der Waals surface area contributed by atoms with Crippen molar-refractivity contribution < 1.29 is 13.9 Å². The van der Waals surface area contributed by atoms with Gasteiger partial charge in [-0.25, -0.2) is 9.18 Å². The lowest BCUT2D eigenvalue weighted by molar-refractivity contribution is 0.0599. The number of hydrogen-bond acceptors (Lipinski definition) is 2. The van der Waals surface area contributed by atoms with Crippen molar-refractivity contribution in [3.63, 3.8) is 0 Å². The lowest BCUT2D eigenvalue weighted by Gasteiger charge is -2.04. The van der Waals surface area contributed by atoms with Crippen LogP contribution in [-0.2, 0) is 4.74 Å². The van der Waals surface area contributed by atoms with Gasteiger partial charge in [-0.1, -0.05) is 11.6 Å². The summed E-state index contributed by atoms with van der Waals surface area (Å²) in [6, 6.07) is 2.47. The number of hydrogen-bond donors (Lipinski definition) is 0. The molecular formula is C8H5BrClFO2. The molecule has 0 bridgehead atoms. The van der Waals surface area contributed by atoms with Crippen LogP contribution < -0.4 is 0 Å². The number of esters is 1. The predicted octanol–water partition coefficient (Wildman–Crippen LogP) is 3.03. The zero-order valence-electron chi connectivity index (χ0n) is 6.61. The van der Waals surface area contributed by atoms with Gasteiger partial charge in [0.2, 0.25) is 0 Å². The molecule has 0 aliphatic rings. The summed E-state index contributed by atoms with van der Waals surface area (Å²) in [4.78, 5) is 11.1. The van der Waals surface area contributed by atoms with Gasteiger partial charge in [0.05, 0.1) is 22.2 Å². The highest BCUT2D eigenvalue weighted by molar-refractivity contribution is 9.10. The maximum absolute atomic E-state index is 12.9. The average Bonchev–Trinajstić information content (AvgIpc) is 2.12. The van der Waals surface area contributed by atoms with Crippen molar-refractivity contribution in [2.45, 2.75) is 0 Å². The molecule has 0 fully saturated rings. The van der Waals surface area contributed by atoms with Gasteiger partial charge in [-0.2, -0.15) is 0 Å². The molecule has 13 heavy (non-hydrogen) atoms. The molecule has 0 saturated carbocycles. The fraction of sp³-hybridized carbons (Fsp3) is 0.125. The smallest absolute Gasteiger partial charge is 0.340 e. The quantitative estimate of drug-likeness (QED) is 0.577. The van der Waals surface area contributed by atoms with E-state index < -0.39 is 11.8 Å². The number of methoxy groups -OCH3 is 1. The van der Waals surface area contributed by atoms with Gasteiger partial charge in [0.1, 0.15) is 5.82 Å². The van der Waals surface area contributed by atoms with Gasteiger partial charge in [-0.15, -0.1) is 0 Å². The fourth-order valence-electron chi connectivity index (χ4n) is 0.816. The van der Waals surface area contributed by atoms with Crippen LogP contribution in [-0.4, -0.2) is 13.1 Å². The topological polar surface area (TPSA) is 26.3 Å². The van der Waals surface area contributed by atoms with Crippen LogP contribution in [0.4, 0.5) is 4.39 Å². The molecule has 1 aromatic carbocycles. The Labute approximate surface area is 87.8 Å². The number of ether oxygens (including phenoxy) is 1. The van der Waals surface area contributed by atoms with Gasteiger partial charge in [0.15, 0.2) is 0 Å². The summed E-state index contributed by atoms with van der Waals surface area (Å²) in [7, 11) is 1.20. The highest BCUT2D eigenvalue weighted by atomic mass is 79.9. The van der Waals surface area contributed by atoms with Crippen LogP contribution in [0.3, 0.4) is 0 Å². The van der Waals surface area contributed by atoms with E-state index in [0.29, 0.717) is 0 Å². The summed E-state index contributed by atoms with van der Waals surface area (Å²) >= 11 is 8.59. The molecule has 0 saturated heterocycles. The zero-order valence-corrected chi connectivity index (χ0v) is 8.95. The van der Waals surface area contributed by atoms with Gasteiger partial charge in [0.25, 0.3) is 0 Å². The van der Waals surface area contributed by atoms with Crippen molar-refractivity contribution in [3.05, 3.63) is 33.0 Å². The summed E-state index contributed by atoms with van der Waals surface area (Å²) in [6.45, 7) is 0. The Balaban J connectivity index is 3.33. The van der Waals surface area contributed by atoms with Crippen LogP contribution in [0.15, 0.2) is 16.6 Å². The Morgan fingerprint density at radius 3 is 2.77 bits per heavy atom. The minimum absolute atomic E-state index is 0.00386. The maximum Gasteiger partial charge on any atom is 0.340 e. The second kappa shape index (κ2) is 4.07. The fourth-order valence-corrected chi connectivity index (χ4v) is 1.67. The van der Waals surface area contributed by atoms with Crippen LogP contribution in [0, 0.1) is 5.82 Å². The maximum atomic E-state index is 12.9. The van der Waals surface area contributed by atoms with E-state index in [1.807, 2.05) is 0 Å². The van der Waals surface area contributed by atoms with Gasteiger partial charge >= 0.3 is 5.97 Å². The van der Waals surface area contributed by atoms with Crippen molar-refractivity contribution in [3.8, 4) is 0 Å². The summed E-state index contributed by atoms with van der Waals surface area (Å²) in [6.07, 6.45) is 0. The molecule has 0 atom stereocenters. The molecule has 0 N–H and O–H groups in total. The van der Waals surface area contributed by atoms with Crippen molar-refractivity contribution in [2.75, 3.05) is 7.11 Å². The molecule has 0 heterocycles. The first-order valence-corrected chi connectivity index (χ1v) is 4.47. The number of carbonyl (C=O) groups excluding carboxylic acids is 1. The number of rotatable bonds is 1. The summed E-state index contributed by atoms with van der Waals surface area (Å²) in [5, 5.41) is 0.153. The second-order valence-corrected chi connectivity index (χ2v) is 3.41. The van der Waals surface area contributed by atoms with Gasteiger partial charge in [0, 0.05) is 0 Å². The molecule has 2 nitrogen and oxygen atoms in total. The largest absolute Gasteiger partial charge is 0.465 e. The Bertz CT molecular complexity index is 354. The third-order valence-corrected chi connectivity index (χ3v) is 2.52. The lowest BCUT2D eigenvalue weighted by Crippen LogP contribution is -2.04. The molecule has 70 valence electrons. The Morgan fingerprint density at radius 2 is 2.23 bits per heavy atom. The Morgan fingerprint density at radius 1 is 1.62 bits per heavy atom. The number of benzene rings is 1. The van der Waals surface area contributed by atoms with E-state index in [2.05, 4.69) is 20.7 Å². The second-order valence-electron chi connectivity index (χ2n) is 2.21. The van der Waals surface area contributed by atoms with Gasteiger partial charge in [-0.05, 0) is 28.1 Å². The standard InChI is InChI=1S/C8H5BrClFO2/c1-13-8(12)6-4(10)2-3-5(11)7(6)9/h2-3H,1H3. The first-order valence-electron chi connectivity index (χ1n) is 3.29. The number of carbonyl (C=O) groups is 1. The molecule has 5 heteroatoms. The molecule has 0 unspecified atom stereocenters. The molecular weight excluding hydrogens is 262 g/mol. The van der Waals surface area contributed by atoms with Crippen LogP contribution in [0.2, 0.25) is 5.02 Å². The minimum Gasteiger partial charge on any atom is -0.465 e. The van der Waals surface area contributed by atoms with Gasteiger partial charge < -0.3 is 4.74 Å². The predicted molar refractivity (Wildman–Crippen MR) is 50.4 cm³/mol. The summed E-state index contributed by atoms with van der Waals surface area (Å²) < 4.78 is 17.4. The SMILES string of the molecule is COC(=O)c1c(Cl)ccc(F)c1Br. The van der Waals surface area contributed by atoms with Crippen molar-refractivity contribution in [1.82, 2.24) is 0 Å². The molecule has 0 aliphatic carbocycles. The van der Waals surface area contributed by atoms with E-state index in [-0.39, 0.29) is 15.1 Å². The highest BCUT2D eigenvalue weighted by Gasteiger charge is 2.17. The van der Waals surface area contributed by atoms with E-state index in [1.54, 1.807) is 0 Å². The van der Waals surface area contributed by atoms with E-state index in [1.165, 1.54) is 19.2 Å². The first kappa shape index (κ1) is 10.5. The number of halogens is 3. The molecule has 0 aromatic heterocycles. The van der Waals surface area contributed by atoms with Crippen molar-refractivity contribution in [1.29, 1.82) is 0 Å². The zero-order chi connectivity index (χ0) is 10.0. The Kier molecular flexibility index (Phi) is 3.27.